The van der Waals surface area contributed by atoms with Crippen molar-refractivity contribution in [1.82, 2.24) is 15.2 Å². The summed E-state index contributed by atoms with van der Waals surface area (Å²) in [5, 5.41) is 20.4. The summed E-state index contributed by atoms with van der Waals surface area (Å²) in [6.07, 6.45) is 3.23. The van der Waals surface area contributed by atoms with Gasteiger partial charge >= 0.3 is 10.2 Å². The largest absolute Gasteiger partial charge is 0.388 e. The molecule has 1 saturated heterocycles. The van der Waals surface area contributed by atoms with Crippen LogP contribution in [0, 0.1) is 28.9 Å². The van der Waals surface area contributed by atoms with E-state index in [4.69, 9.17) is 5.26 Å². The summed E-state index contributed by atoms with van der Waals surface area (Å²) in [4.78, 5) is 25.9. The van der Waals surface area contributed by atoms with Gasteiger partial charge in [-0.15, -0.1) is 0 Å². The summed E-state index contributed by atoms with van der Waals surface area (Å²) in [5.74, 6) is -9.07. The van der Waals surface area contributed by atoms with Gasteiger partial charge in [-0.3, -0.25) is 14.7 Å². The molecule has 2 fully saturated rings. The number of aliphatic hydroxyl groups is 1. The van der Waals surface area contributed by atoms with Gasteiger partial charge in [-0.2, -0.15) is 5.26 Å². The summed E-state index contributed by atoms with van der Waals surface area (Å²) in [6.45, 7) is 1.88. The molecule has 2 aliphatic rings. The SMILES string of the molecule is CN(c1c(F)cc(S(F)(F)(F)(F)F)cc1F)C(C(=O)NC1CCC(F)(F)CC1)c1cncc(F)c1.C[C@@]1(O)CC(C=O)N(C#N)C1. The number of hydrogen-bond acceptors (Lipinski definition) is 7. The number of alkyl halides is 2. The van der Waals surface area contributed by atoms with Crippen LogP contribution in [0.2, 0.25) is 0 Å². The number of aromatic nitrogens is 1. The molecule has 0 bridgehead atoms. The number of benzene rings is 1. The van der Waals surface area contributed by atoms with Crippen LogP contribution in [0.15, 0.2) is 35.5 Å². The predicted octanol–water partition coefficient (Wildman–Crippen LogP) is 6.52. The Balaban J connectivity index is 0.000000441. The van der Waals surface area contributed by atoms with Crippen molar-refractivity contribution in [2.45, 2.75) is 73.6 Å². The number of nitrogens with one attached hydrogen (secondary N) is 1. The number of nitriles is 1. The number of carbonyl (C=O) groups excluding carboxylic acids is 2. The molecule has 1 aliphatic carbocycles. The van der Waals surface area contributed by atoms with Crippen LogP contribution in [-0.2, 0) is 9.59 Å². The van der Waals surface area contributed by atoms with Crippen molar-refractivity contribution in [2.24, 2.45) is 0 Å². The standard InChI is InChI=1S/C20H19F10N3OS.C7H10N2O2/c1-33(18-15(22)7-14(8-16(18)23)35(26,27,28,29)30)17(11-6-12(21)10-31-9-11)19(34)32-13-2-4-20(24,25)5-3-13;1-7(11)2-6(3-10)9(4-7)5-8/h6-10,13,17H,2-5H2,1H3,(H,32,34);3,6,11H,2,4H2,1H3/t;6?,7-/m.1/s1. The van der Waals surface area contributed by atoms with Crippen molar-refractivity contribution in [3.8, 4) is 6.19 Å². The number of anilines is 1. The molecule has 1 aromatic heterocycles. The van der Waals surface area contributed by atoms with Gasteiger partial charge in [0.1, 0.15) is 28.7 Å². The van der Waals surface area contributed by atoms with Crippen molar-refractivity contribution >= 4 is 28.1 Å². The molecular formula is C27H29F10N5O3S. The van der Waals surface area contributed by atoms with Gasteiger partial charge in [0.25, 0.3) is 0 Å². The second kappa shape index (κ2) is 12.1. The van der Waals surface area contributed by atoms with Gasteiger partial charge in [0, 0.05) is 44.1 Å². The lowest BCUT2D eigenvalue weighted by Crippen LogP contribution is -2.46. The highest BCUT2D eigenvalue weighted by molar-refractivity contribution is 8.45. The number of likely N-dealkylation sites (N-methyl/N-ethyl adjacent to an activating group) is 1. The highest BCUT2D eigenvalue weighted by Gasteiger charge is 2.66. The number of nitrogens with zero attached hydrogens (tertiary/aromatic N) is 4. The van der Waals surface area contributed by atoms with Crippen LogP contribution in [-0.4, -0.2) is 64.4 Å². The topological polar surface area (TPSA) is 110 Å². The van der Waals surface area contributed by atoms with Gasteiger partial charge in [-0.1, -0.05) is 19.4 Å². The molecule has 1 saturated carbocycles. The van der Waals surface area contributed by atoms with E-state index in [1.54, 1.807) is 6.92 Å². The lowest BCUT2D eigenvalue weighted by Gasteiger charge is -2.41. The first-order chi connectivity index (χ1) is 20.9. The molecule has 2 unspecified atom stereocenters. The molecule has 1 amide bonds. The number of β-amino-alcohol motifs (C(OH)–C–C–N with tert-alkyl or cyclic N) is 1. The predicted molar refractivity (Wildman–Crippen MR) is 146 cm³/mol. The minimum Gasteiger partial charge on any atom is -0.388 e. The lowest BCUT2D eigenvalue weighted by atomic mass is 9.92. The Bertz CT molecular complexity index is 1490. The lowest BCUT2D eigenvalue weighted by molar-refractivity contribution is -0.124. The molecule has 19 heteroatoms. The molecule has 8 nitrogen and oxygen atoms in total. The Kier molecular flexibility index (Phi) is 9.65. The van der Waals surface area contributed by atoms with Crippen molar-refractivity contribution in [3.05, 3.63) is 53.6 Å². The van der Waals surface area contributed by atoms with Crippen molar-refractivity contribution in [1.29, 1.82) is 5.26 Å². The molecule has 2 heterocycles. The van der Waals surface area contributed by atoms with E-state index >= 15 is 0 Å². The molecule has 0 radical (unpaired) electrons. The minimum atomic E-state index is -10.4. The van der Waals surface area contributed by atoms with Crippen molar-refractivity contribution in [2.75, 3.05) is 18.5 Å². The highest BCUT2D eigenvalue weighted by Crippen LogP contribution is 3.02. The molecule has 3 atom stereocenters. The number of rotatable bonds is 7. The molecule has 4 rings (SSSR count). The monoisotopic (exact) mass is 693 g/mol. The quantitative estimate of drug-likeness (QED) is 0.193. The first-order valence-corrected chi connectivity index (χ1v) is 15.4. The van der Waals surface area contributed by atoms with E-state index in [1.807, 2.05) is 6.19 Å². The van der Waals surface area contributed by atoms with E-state index in [2.05, 4.69) is 10.3 Å². The Morgan fingerprint density at radius 3 is 2.15 bits per heavy atom. The second-order valence-corrected chi connectivity index (χ2v) is 13.8. The number of hydrogen-bond donors (Lipinski definition) is 2. The Hall–Kier alpha value is -3.79. The molecular weight excluding hydrogens is 664 g/mol. The molecule has 1 aliphatic heterocycles. The fraction of sp³-hybridized carbons (Fsp3) is 0.481. The van der Waals surface area contributed by atoms with Gasteiger partial charge in [0.15, 0.2) is 17.8 Å². The summed E-state index contributed by atoms with van der Waals surface area (Å²) in [6, 6.07) is -3.45. The third-order valence-electron chi connectivity index (χ3n) is 7.38. The van der Waals surface area contributed by atoms with E-state index in [1.165, 1.54) is 4.90 Å². The van der Waals surface area contributed by atoms with Crippen LogP contribution in [0.3, 0.4) is 0 Å². The van der Waals surface area contributed by atoms with Crippen LogP contribution in [0.5, 0.6) is 0 Å². The average Bonchev–Trinajstić information content (AvgIpc) is 3.22. The van der Waals surface area contributed by atoms with Crippen LogP contribution in [0.1, 0.15) is 50.6 Å². The van der Waals surface area contributed by atoms with Crippen LogP contribution in [0.25, 0.3) is 0 Å². The van der Waals surface area contributed by atoms with Gasteiger partial charge < -0.3 is 20.1 Å². The number of aldehydes is 1. The van der Waals surface area contributed by atoms with Gasteiger partial charge in [0.2, 0.25) is 11.8 Å². The zero-order chi connectivity index (χ0) is 34.9. The maximum absolute atomic E-state index is 14.6. The van der Waals surface area contributed by atoms with E-state index in [0.29, 0.717) is 17.6 Å². The average molecular weight is 694 g/mol. The van der Waals surface area contributed by atoms with Gasteiger partial charge in [0.05, 0.1) is 24.4 Å². The summed E-state index contributed by atoms with van der Waals surface area (Å²) >= 11 is 0. The number of halogens is 10. The molecule has 46 heavy (non-hydrogen) atoms. The van der Waals surface area contributed by atoms with Gasteiger partial charge in [-0.05, 0) is 38.0 Å². The summed E-state index contributed by atoms with van der Waals surface area (Å²) < 4.78 is 135. The van der Waals surface area contributed by atoms with Crippen LogP contribution < -0.4 is 10.2 Å². The maximum atomic E-state index is 14.6. The van der Waals surface area contributed by atoms with E-state index in [9.17, 15) is 56.1 Å². The molecule has 1 aromatic carbocycles. The fourth-order valence-electron chi connectivity index (χ4n) is 5.16. The van der Waals surface area contributed by atoms with E-state index < -0.39 is 98.8 Å². The Labute approximate surface area is 256 Å². The maximum Gasteiger partial charge on any atom is 0.310 e. The number of amides is 1. The van der Waals surface area contributed by atoms with Crippen LogP contribution in [0.4, 0.5) is 47.1 Å². The first kappa shape index (κ1) is 36.7. The number of pyridine rings is 1. The molecule has 2 N–H and O–H groups in total. The normalized spacial score (nSPS) is 23.6. The van der Waals surface area contributed by atoms with Crippen molar-refractivity contribution < 1.29 is 56.1 Å². The van der Waals surface area contributed by atoms with Crippen LogP contribution >= 0.6 is 10.2 Å². The first-order valence-electron chi connectivity index (χ1n) is 13.4. The molecule has 256 valence electrons. The third kappa shape index (κ3) is 9.15. The Morgan fingerprint density at radius 2 is 1.70 bits per heavy atom. The third-order valence-corrected chi connectivity index (χ3v) is 8.50. The minimum absolute atomic E-state index is 0.141. The van der Waals surface area contributed by atoms with E-state index in [0.717, 1.165) is 25.5 Å². The smallest absolute Gasteiger partial charge is 0.310 e. The number of likely N-dealkylation sites (tertiary alicyclic amines) is 1. The Morgan fingerprint density at radius 1 is 1.13 bits per heavy atom. The number of carbonyl (C=O) groups is 2. The van der Waals surface area contributed by atoms with E-state index in [-0.39, 0.29) is 24.9 Å². The molecule has 2 aromatic rings. The van der Waals surface area contributed by atoms with Gasteiger partial charge in [-0.25, -0.2) is 22.0 Å². The molecule has 0 spiro atoms. The summed E-state index contributed by atoms with van der Waals surface area (Å²) in [5.41, 5.74) is -2.46. The van der Waals surface area contributed by atoms with Crippen molar-refractivity contribution in [3.63, 3.8) is 0 Å². The zero-order valence-corrected chi connectivity index (χ0v) is 25.0. The second-order valence-electron chi connectivity index (χ2n) is 11.4. The highest BCUT2D eigenvalue weighted by atomic mass is 32.5. The summed E-state index contributed by atoms with van der Waals surface area (Å²) in [7, 11) is -9.57. The zero-order valence-electron chi connectivity index (χ0n) is 24.2. The fourth-order valence-corrected chi connectivity index (χ4v) is 5.82.